The number of halogens is 4. The van der Waals surface area contributed by atoms with E-state index < -0.39 is 12.2 Å². The molecular formula is C14H11F4NO. The third kappa shape index (κ3) is 4.15. The second kappa shape index (κ2) is 5.81. The summed E-state index contributed by atoms with van der Waals surface area (Å²) in [5.74, 6) is -0.722. The van der Waals surface area contributed by atoms with Crippen LogP contribution >= 0.6 is 0 Å². The Morgan fingerprint density at radius 2 is 1.75 bits per heavy atom. The molecule has 0 unspecified atom stereocenters. The van der Waals surface area contributed by atoms with Crippen molar-refractivity contribution in [2.24, 2.45) is 0 Å². The van der Waals surface area contributed by atoms with Crippen molar-refractivity contribution in [2.75, 3.05) is 5.32 Å². The Hall–Kier alpha value is -2.24. The summed E-state index contributed by atoms with van der Waals surface area (Å²) in [6.07, 6.45) is -4.75. The van der Waals surface area contributed by atoms with Gasteiger partial charge in [0.25, 0.3) is 0 Å². The Kier molecular flexibility index (Phi) is 4.12. The first-order valence-corrected chi connectivity index (χ1v) is 5.77. The van der Waals surface area contributed by atoms with E-state index in [4.69, 9.17) is 0 Å². The zero-order valence-corrected chi connectivity index (χ0v) is 10.2. The molecule has 0 aliphatic carbocycles. The standard InChI is InChI=1S/C14H11F4NO/c15-11-5-3-4-10(8-11)9-19-12-6-1-2-7-13(12)20-14(16,17)18/h1-8,19H,9H2. The Labute approximate surface area is 113 Å². The molecule has 0 aromatic heterocycles. The molecule has 2 aromatic rings. The highest BCUT2D eigenvalue weighted by atomic mass is 19.4. The minimum Gasteiger partial charge on any atom is -0.404 e. The van der Waals surface area contributed by atoms with Gasteiger partial charge in [-0.05, 0) is 29.8 Å². The monoisotopic (exact) mass is 285 g/mol. The van der Waals surface area contributed by atoms with E-state index in [9.17, 15) is 17.6 Å². The van der Waals surface area contributed by atoms with E-state index in [1.54, 1.807) is 12.1 Å². The molecule has 2 nitrogen and oxygen atoms in total. The molecule has 0 aliphatic heterocycles. The van der Waals surface area contributed by atoms with Gasteiger partial charge in [0.15, 0.2) is 5.75 Å². The van der Waals surface area contributed by atoms with Crippen LogP contribution in [0.15, 0.2) is 48.5 Å². The summed E-state index contributed by atoms with van der Waals surface area (Å²) in [4.78, 5) is 0. The highest BCUT2D eigenvalue weighted by Crippen LogP contribution is 2.30. The van der Waals surface area contributed by atoms with Crippen molar-refractivity contribution in [3.63, 3.8) is 0 Å². The molecule has 6 heteroatoms. The molecule has 0 aliphatic rings. The maximum Gasteiger partial charge on any atom is 0.573 e. The third-order valence-electron chi connectivity index (χ3n) is 2.48. The van der Waals surface area contributed by atoms with Crippen molar-refractivity contribution < 1.29 is 22.3 Å². The molecule has 1 N–H and O–H groups in total. The molecule has 0 atom stereocenters. The molecule has 0 amide bonds. The van der Waals surface area contributed by atoms with Crippen LogP contribution in [0.25, 0.3) is 0 Å². The molecule has 2 aromatic carbocycles. The van der Waals surface area contributed by atoms with Gasteiger partial charge in [0.05, 0.1) is 5.69 Å². The number of hydrogen-bond donors (Lipinski definition) is 1. The van der Waals surface area contributed by atoms with Gasteiger partial charge in [-0.1, -0.05) is 24.3 Å². The van der Waals surface area contributed by atoms with E-state index in [0.717, 1.165) is 0 Å². The van der Waals surface area contributed by atoms with Gasteiger partial charge in [-0.15, -0.1) is 13.2 Å². The maximum atomic E-state index is 13.0. The quantitative estimate of drug-likeness (QED) is 0.844. The Morgan fingerprint density at radius 3 is 2.45 bits per heavy atom. The van der Waals surface area contributed by atoms with Crippen LogP contribution in [0.3, 0.4) is 0 Å². The largest absolute Gasteiger partial charge is 0.573 e. The molecule has 0 radical (unpaired) electrons. The van der Waals surface area contributed by atoms with Crippen LogP contribution in [-0.2, 0) is 6.54 Å². The summed E-state index contributed by atoms with van der Waals surface area (Å²) < 4.78 is 53.6. The van der Waals surface area contributed by atoms with Crippen LogP contribution in [0.1, 0.15) is 5.56 Å². The third-order valence-corrected chi connectivity index (χ3v) is 2.48. The number of rotatable bonds is 4. The van der Waals surface area contributed by atoms with Crippen molar-refractivity contribution in [1.29, 1.82) is 0 Å². The minimum absolute atomic E-state index is 0.189. The SMILES string of the molecule is Fc1cccc(CNc2ccccc2OC(F)(F)F)c1. The lowest BCUT2D eigenvalue weighted by Gasteiger charge is -2.14. The first-order chi connectivity index (χ1) is 9.44. The van der Waals surface area contributed by atoms with Crippen LogP contribution in [0.4, 0.5) is 23.2 Å². The Morgan fingerprint density at radius 1 is 1.00 bits per heavy atom. The molecule has 2 rings (SSSR count). The average Bonchev–Trinajstić information content (AvgIpc) is 2.36. The maximum absolute atomic E-state index is 13.0. The number of hydrogen-bond acceptors (Lipinski definition) is 2. The predicted molar refractivity (Wildman–Crippen MR) is 66.9 cm³/mol. The van der Waals surface area contributed by atoms with Gasteiger partial charge in [-0.3, -0.25) is 0 Å². The highest BCUT2D eigenvalue weighted by molar-refractivity contribution is 5.56. The summed E-state index contributed by atoms with van der Waals surface area (Å²) in [6, 6.07) is 11.5. The van der Waals surface area contributed by atoms with Crippen LogP contribution in [0.2, 0.25) is 0 Å². The summed E-state index contributed by atoms with van der Waals surface area (Å²) in [5, 5.41) is 2.79. The zero-order chi connectivity index (χ0) is 14.6. The van der Waals surface area contributed by atoms with E-state index in [1.807, 2.05) is 0 Å². The molecule has 20 heavy (non-hydrogen) atoms. The zero-order valence-electron chi connectivity index (χ0n) is 10.2. The summed E-state index contributed by atoms with van der Waals surface area (Å²) in [6.45, 7) is 0.190. The van der Waals surface area contributed by atoms with Gasteiger partial charge in [-0.25, -0.2) is 4.39 Å². The molecule has 0 heterocycles. The van der Waals surface area contributed by atoms with E-state index in [-0.39, 0.29) is 18.0 Å². The lowest BCUT2D eigenvalue weighted by atomic mass is 10.2. The van der Waals surface area contributed by atoms with Gasteiger partial charge in [0.1, 0.15) is 5.82 Å². The first kappa shape index (κ1) is 14.2. The summed E-state index contributed by atoms with van der Waals surface area (Å²) in [7, 11) is 0. The van der Waals surface area contributed by atoms with Gasteiger partial charge < -0.3 is 10.1 Å². The smallest absolute Gasteiger partial charge is 0.404 e. The van der Waals surface area contributed by atoms with E-state index >= 15 is 0 Å². The molecule has 0 spiro atoms. The van der Waals surface area contributed by atoms with Gasteiger partial charge >= 0.3 is 6.36 Å². The lowest BCUT2D eigenvalue weighted by molar-refractivity contribution is -0.274. The van der Waals surface area contributed by atoms with Crippen LogP contribution in [-0.4, -0.2) is 6.36 Å². The number of anilines is 1. The Bertz CT molecular complexity index is 583. The fraction of sp³-hybridized carbons (Fsp3) is 0.143. The van der Waals surface area contributed by atoms with E-state index in [0.29, 0.717) is 5.56 Å². The predicted octanol–water partition coefficient (Wildman–Crippen LogP) is 4.34. The minimum atomic E-state index is -4.75. The topological polar surface area (TPSA) is 21.3 Å². The van der Waals surface area contributed by atoms with Crippen LogP contribution in [0.5, 0.6) is 5.75 Å². The molecule has 106 valence electrons. The summed E-state index contributed by atoms with van der Waals surface area (Å²) >= 11 is 0. The molecule has 0 saturated carbocycles. The van der Waals surface area contributed by atoms with Gasteiger partial charge in [-0.2, -0.15) is 0 Å². The number of ether oxygens (including phenoxy) is 1. The lowest BCUT2D eigenvalue weighted by Crippen LogP contribution is -2.18. The van der Waals surface area contributed by atoms with Crippen LogP contribution in [0, 0.1) is 5.82 Å². The number of para-hydroxylation sites is 2. The van der Waals surface area contributed by atoms with Crippen molar-refractivity contribution >= 4 is 5.69 Å². The van der Waals surface area contributed by atoms with Crippen LogP contribution < -0.4 is 10.1 Å². The van der Waals surface area contributed by atoms with Crippen molar-refractivity contribution in [3.8, 4) is 5.75 Å². The molecule has 0 bridgehead atoms. The van der Waals surface area contributed by atoms with Gasteiger partial charge in [0.2, 0.25) is 0 Å². The fourth-order valence-corrected chi connectivity index (χ4v) is 1.67. The van der Waals surface area contributed by atoms with Gasteiger partial charge in [0, 0.05) is 6.54 Å². The fourth-order valence-electron chi connectivity index (χ4n) is 1.67. The second-order valence-electron chi connectivity index (χ2n) is 4.03. The summed E-state index contributed by atoms with van der Waals surface area (Å²) in [5.41, 5.74) is 0.806. The number of benzene rings is 2. The Balaban J connectivity index is 2.09. The van der Waals surface area contributed by atoms with E-state index in [1.165, 1.54) is 36.4 Å². The normalized spacial score (nSPS) is 11.2. The second-order valence-corrected chi connectivity index (χ2v) is 4.03. The van der Waals surface area contributed by atoms with Crippen molar-refractivity contribution in [3.05, 3.63) is 59.9 Å². The molecular weight excluding hydrogens is 274 g/mol. The van der Waals surface area contributed by atoms with Crippen molar-refractivity contribution in [1.82, 2.24) is 0 Å². The molecule has 0 saturated heterocycles. The van der Waals surface area contributed by atoms with E-state index in [2.05, 4.69) is 10.1 Å². The number of nitrogens with one attached hydrogen (secondary N) is 1. The van der Waals surface area contributed by atoms with Crippen molar-refractivity contribution in [2.45, 2.75) is 12.9 Å². The molecule has 0 fully saturated rings. The number of alkyl halides is 3. The highest BCUT2D eigenvalue weighted by Gasteiger charge is 2.32. The average molecular weight is 285 g/mol. The first-order valence-electron chi connectivity index (χ1n) is 5.77.